The standard InChI is InChI=1S/C21H28FN3O4S/c1-21(2,3)14-6-9-16(10-7-14)30(26,27)20(23)18(13-22)25(24)17-12-15(28-4)8-11-19(17)29-5/h6-12H,13,23-24H2,1-5H3/b20-18+. The second-order valence-electron chi connectivity index (χ2n) is 7.63. The molecule has 2 rings (SSSR count). The van der Waals surface area contributed by atoms with E-state index in [1.165, 1.54) is 32.4 Å². The molecule has 7 nitrogen and oxygen atoms in total. The van der Waals surface area contributed by atoms with Crippen LogP contribution in [0.5, 0.6) is 11.5 Å². The molecule has 0 unspecified atom stereocenters. The number of methoxy groups -OCH3 is 2. The Morgan fingerprint density at radius 2 is 1.67 bits per heavy atom. The minimum absolute atomic E-state index is 0.0510. The average Bonchev–Trinajstić information content (AvgIpc) is 2.72. The molecule has 0 bridgehead atoms. The van der Waals surface area contributed by atoms with E-state index >= 15 is 0 Å². The van der Waals surface area contributed by atoms with Crippen molar-refractivity contribution < 1.29 is 22.3 Å². The van der Waals surface area contributed by atoms with Crippen molar-refractivity contribution in [2.75, 3.05) is 25.9 Å². The molecule has 9 heteroatoms. The molecule has 0 atom stereocenters. The lowest BCUT2D eigenvalue weighted by atomic mass is 9.87. The van der Waals surface area contributed by atoms with Crippen LogP contribution in [0.4, 0.5) is 10.1 Å². The third kappa shape index (κ3) is 4.68. The molecule has 2 aromatic carbocycles. The number of allylic oxidation sites excluding steroid dienone is 1. The lowest BCUT2D eigenvalue weighted by molar-refractivity contribution is 0.403. The number of sulfone groups is 1. The number of hydrazine groups is 1. The van der Waals surface area contributed by atoms with Crippen LogP contribution in [0.25, 0.3) is 0 Å². The molecule has 2 aromatic rings. The van der Waals surface area contributed by atoms with Gasteiger partial charge in [-0.25, -0.2) is 18.7 Å². The van der Waals surface area contributed by atoms with E-state index in [0.29, 0.717) is 11.5 Å². The molecular weight excluding hydrogens is 409 g/mol. The molecule has 4 N–H and O–H groups in total. The first-order valence-electron chi connectivity index (χ1n) is 9.14. The summed E-state index contributed by atoms with van der Waals surface area (Å²) in [7, 11) is -1.31. The smallest absolute Gasteiger partial charge is 0.223 e. The zero-order valence-corrected chi connectivity index (χ0v) is 18.6. The van der Waals surface area contributed by atoms with Gasteiger partial charge in [0.05, 0.1) is 19.1 Å². The van der Waals surface area contributed by atoms with Crippen molar-refractivity contribution in [3.63, 3.8) is 0 Å². The summed E-state index contributed by atoms with van der Waals surface area (Å²) in [6.45, 7) is 4.83. The van der Waals surface area contributed by atoms with Gasteiger partial charge in [-0.3, -0.25) is 5.01 Å². The summed E-state index contributed by atoms with van der Waals surface area (Å²) < 4.78 is 50.4. The maximum absolute atomic E-state index is 13.9. The van der Waals surface area contributed by atoms with Crippen molar-refractivity contribution in [1.29, 1.82) is 0 Å². The number of nitrogens with two attached hydrogens (primary N) is 2. The van der Waals surface area contributed by atoms with Gasteiger partial charge in [-0.2, -0.15) is 0 Å². The first-order valence-corrected chi connectivity index (χ1v) is 10.6. The van der Waals surface area contributed by atoms with Gasteiger partial charge in [0.1, 0.15) is 29.6 Å². The van der Waals surface area contributed by atoms with E-state index in [0.717, 1.165) is 10.6 Å². The van der Waals surface area contributed by atoms with Gasteiger partial charge in [-0.05, 0) is 35.2 Å². The topological polar surface area (TPSA) is 108 Å². The maximum Gasteiger partial charge on any atom is 0.223 e. The summed E-state index contributed by atoms with van der Waals surface area (Å²) in [5.74, 6) is 6.79. The molecular formula is C21H28FN3O4S. The van der Waals surface area contributed by atoms with Crippen LogP contribution in [-0.4, -0.2) is 29.3 Å². The lowest BCUT2D eigenvalue weighted by Gasteiger charge is -2.24. The van der Waals surface area contributed by atoms with Crippen molar-refractivity contribution in [3.8, 4) is 11.5 Å². The van der Waals surface area contributed by atoms with Crippen molar-refractivity contribution in [3.05, 3.63) is 58.8 Å². The Morgan fingerprint density at radius 3 is 2.13 bits per heavy atom. The fourth-order valence-electron chi connectivity index (χ4n) is 2.80. The van der Waals surface area contributed by atoms with E-state index in [4.69, 9.17) is 21.1 Å². The molecule has 0 aliphatic carbocycles. The van der Waals surface area contributed by atoms with Crippen molar-refractivity contribution in [2.24, 2.45) is 11.6 Å². The first-order chi connectivity index (χ1) is 14.0. The second kappa shape index (κ2) is 8.93. The van der Waals surface area contributed by atoms with Crippen LogP contribution in [0.2, 0.25) is 0 Å². The van der Waals surface area contributed by atoms with Crippen LogP contribution in [0.15, 0.2) is 58.1 Å². The number of nitrogens with zero attached hydrogens (tertiary/aromatic N) is 1. The van der Waals surface area contributed by atoms with Crippen LogP contribution in [-0.2, 0) is 15.3 Å². The number of halogens is 1. The van der Waals surface area contributed by atoms with Crippen LogP contribution in [0.3, 0.4) is 0 Å². The number of anilines is 1. The monoisotopic (exact) mass is 437 g/mol. The number of hydrogen-bond acceptors (Lipinski definition) is 7. The number of rotatable bonds is 7. The summed E-state index contributed by atoms with van der Waals surface area (Å²) in [6, 6.07) is 11.0. The minimum atomic E-state index is -4.18. The molecule has 0 radical (unpaired) electrons. The molecule has 0 heterocycles. The van der Waals surface area contributed by atoms with Crippen molar-refractivity contribution in [2.45, 2.75) is 31.1 Å². The Labute approximate surface area is 177 Å². The summed E-state index contributed by atoms with van der Waals surface area (Å²) >= 11 is 0. The largest absolute Gasteiger partial charge is 0.497 e. The Bertz CT molecular complexity index is 1030. The predicted octanol–water partition coefficient (Wildman–Crippen LogP) is 3.25. The molecule has 0 saturated heterocycles. The summed E-state index contributed by atoms with van der Waals surface area (Å²) in [5, 5.41) is 0.179. The van der Waals surface area contributed by atoms with Gasteiger partial charge >= 0.3 is 0 Å². The number of ether oxygens (including phenoxy) is 2. The van der Waals surface area contributed by atoms with Gasteiger partial charge < -0.3 is 15.2 Å². The second-order valence-corrected chi connectivity index (χ2v) is 9.55. The van der Waals surface area contributed by atoms with Gasteiger partial charge in [0.25, 0.3) is 0 Å². The van der Waals surface area contributed by atoms with E-state index < -0.39 is 27.2 Å². The number of benzene rings is 2. The molecule has 0 saturated carbocycles. The van der Waals surface area contributed by atoms with Gasteiger partial charge in [-0.15, -0.1) is 0 Å². The van der Waals surface area contributed by atoms with Gasteiger partial charge in [0.15, 0.2) is 5.03 Å². The Morgan fingerprint density at radius 1 is 1.07 bits per heavy atom. The number of alkyl halides is 1. The van der Waals surface area contributed by atoms with Crippen molar-refractivity contribution >= 4 is 15.5 Å². The van der Waals surface area contributed by atoms with E-state index in [-0.39, 0.29) is 16.0 Å². The molecule has 164 valence electrons. The zero-order valence-electron chi connectivity index (χ0n) is 17.8. The van der Waals surface area contributed by atoms with E-state index in [1.807, 2.05) is 20.8 Å². The Balaban J connectivity index is 2.55. The summed E-state index contributed by atoms with van der Waals surface area (Å²) in [6.07, 6.45) is 0. The Kier molecular flexibility index (Phi) is 6.99. The first kappa shape index (κ1) is 23.5. The quantitative estimate of drug-likeness (QED) is 0.506. The summed E-state index contributed by atoms with van der Waals surface area (Å²) in [5.41, 5.74) is 6.51. The molecule has 0 aromatic heterocycles. The van der Waals surface area contributed by atoms with Gasteiger partial charge in [0, 0.05) is 6.07 Å². The number of hydrogen-bond donors (Lipinski definition) is 2. The van der Waals surface area contributed by atoms with Gasteiger partial charge in [-0.1, -0.05) is 32.9 Å². The molecule has 0 aliphatic heterocycles. The minimum Gasteiger partial charge on any atom is -0.497 e. The van der Waals surface area contributed by atoms with E-state index in [9.17, 15) is 12.8 Å². The van der Waals surface area contributed by atoms with Crippen LogP contribution >= 0.6 is 0 Å². The third-order valence-corrected chi connectivity index (χ3v) is 6.37. The van der Waals surface area contributed by atoms with Crippen LogP contribution < -0.4 is 26.1 Å². The molecule has 0 amide bonds. The summed E-state index contributed by atoms with van der Waals surface area (Å²) in [4.78, 5) is -0.0510. The van der Waals surface area contributed by atoms with Crippen LogP contribution in [0, 0.1) is 0 Å². The predicted molar refractivity (Wildman–Crippen MR) is 116 cm³/mol. The van der Waals surface area contributed by atoms with Crippen LogP contribution in [0.1, 0.15) is 26.3 Å². The van der Waals surface area contributed by atoms with E-state index in [1.54, 1.807) is 24.3 Å². The molecule has 0 fully saturated rings. The molecule has 0 spiro atoms. The highest BCUT2D eigenvalue weighted by molar-refractivity contribution is 7.95. The molecule has 30 heavy (non-hydrogen) atoms. The average molecular weight is 438 g/mol. The molecule has 0 aliphatic rings. The van der Waals surface area contributed by atoms with Gasteiger partial charge in [0.2, 0.25) is 9.84 Å². The zero-order chi connectivity index (χ0) is 22.7. The van der Waals surface area contributed by atoms with E-state index in [2.05, 4.69) is 0 Å². The highest BCUT2D eigenvalue weighted by Gasteiger charge is 2.27. The highest BCUT2D eigenvalue weighted by Crippen LogP contribution is 2.34. The fourth-order valence-corrected chi connectivity index (χ4v) is 4.01. The third-order valence-electron chi connectivity index (χ3n) is 4.67. The lowest BCUT2D eigenvalue weighted by Crippen LogP contribution is -2.35. The highest BCUT2D eigenvalue weighted by atomic mass is 32.2. The Hall–Kier alpha value is -2.78. The fraction of sp³-hybridized carbons (Fsp3) is 0.333. The maximum atomic E-state index is 13.9. The van der Waals surface area contributed by atoms with Crippen molar-refractivity contribution in [1.82, 2.24) is 0 Å². The SMILES string of the molecule is COc1ccc(OC)c(N(N)/C(CF)=C(\N)S(=O)(=O)c2ccc(C(C)(C)C)cc2)c1. The normalized spacial score (nSPS) is 12.9.